The molecule has 0 saturated heterocycles. The van der Waals surface area contributed by atoms with E-state index in [0.717, 1.165) is 0 Å². The Kier molecular flexibility index (Phi) is 4.85. The summed E-state index contributed by atoms with van der Waals surface area (Å²) in [6, 6.07) is 3.21. The highest BCUT2D eigenvalue weighted by atomic mass is 35.5. The van der Waals surface area contributed by atoms with Crippen molar-refractivity contribution in [2.75, 3.05) is 13.3 Å². The molecule has 1 atom stereocenters. The molecule has 1 aromatic rings. The van der Waals surface area contributed by atoms with Crippen LogP contribution < -0.4 is 4.74 Å². The van der Waals surface area contributed by atoms with Gasteiger partial charge in [0.1, 0.15) is 5.75 Å². The van der Waals surface area contributed by atoms with Crippen molar-refractivity contribution in [3.63, 3.8) is 0 Å². The highest BCUT2D eigenvalue weighted by molar-refractivity contribution is 7.16. The molecule has 1 rings (SSSR count). The number of hydrogen-bond acceptors (Lipinski definition) is 2. The molecule has 0 aliphatic rings. The highest BCUT2D eigenvalue weighted by Crippen LogP contribution is 2.34. The van der Waals surface area contributed by atoms with Crippen LogP contribution in [0.25, 0.3) is 0 Å². The fraction of sp³-hybridized carbons (Fsp3) is 0.300. The maximum atomic E-state index is 11.8. The number of carbonyl (C=O) groups excluding carboxylic acids is 1. The molecule has 5 heteroatoms. The molecule has 0 bridgehead atoms. The third-order valence-electron chi connectivity index (χ3n) is 1.91. The van der Waals surface area contributed by atoms with Crippen LogP contribution in [0.4, 0.5) is 0 Å². The van der Waals surface area contributed by atoms with E-state index in [2.05, 4.69) is 9.24 Å². The number of ether oxygens (including phenoxy) is 1. The molecule has 0 N–H and O–H groups in total. The van der Waals surface area contributed by atoms with Crippen LogP contribution in [0, 0.1) is 0 Å². The molecule has 0 spiro atoms. The first kappa shape index (κ1) is 12.8. The van der Waals surface area contributed by atoms with Gasteiger partial charge in [-0.25, -0.2) is 0 Å². The van der Waals surface area contributed by atoms with Crippen LogP contribution in [0.1, 0.15) is 16.8 Å². The molecule has 1 aromatic carbocycles. The fourth-order valence-electron chi connectivity index (χ4n) is 1.25. The molecular weight excluding hydrogens is 254 g/mol. The Hall–Kier alpha value is -0.300. The molecule has 82 valence electrons. The lowest BCUT2D eigenvalue weighted by Crippen LogP contribution is -2.04. The Bertz CT molecular complexity index is 380. The molecule has 0 fully saturated rings. The molecule has 0 aromatic heterocycles. The van der Waals surface area contributed by atoms with Gasteiger partial charge in [-0.05, 0) is 18.3 Å². The maximum absolute atomic E-state index is 11.8. The van der Waals surface area contributed by atoms with Crippen molar-refractivity contribution in [1.82, 2.24) is 0 Å². The van der Waals surface area contributed by atoms with E-state index in [-0.39, 0.29) is 5.78 Å². The first-order valence-electron chi connectivity index (χ1n) is 4.37. The van der Waals surface area contributed by atoms with E-state index < -0.39 is 0 Å². The van der Waals surface area contributed by atoms with E-state index >= 15 is 0 Å². The largest absolute Gasteiger partial charge is 0.494 e. The van der Waals surface area contributed by atoms with Crippen LogP contribution in [0.2, 0.25) is 10.0 Å². The quantitative estimate of drug-likeness (QED) is 0.615. The van der Waals surface area contributed by atoms with Crippen LogP contribution in [-0.4, -0.2) is 19.1 Å². The summed E-state index contributed by atoms with van der Waals surface area (Å²) in [6.07, 6.45) is 1.09. The zero-order valence-corrected chi connectivity index (χ0v) is 10.9. The van der Waals surface area contributed by atoms with Crippen molar-refractivity contribution in [1.29, 1.82) is 0 Å². The summed E-state index contributed by atoms with van der Waals surface area (Å²) in [5.41, 5.74) is 0.370. The van der Waals surface area contributed by atoms with Crippen molar-refractivity contribution in [2.24, 2.45) is 0 Å². The van der Waals surface area contributed by atoms with E-state index in [1.54, 1.807) is 12.1 Å². The number of benzene rings is 1. The average molecular weight is 265 g/mol. The standard InChI is InChI=1S/C10H11Cl2O2P/c1-14-10-7(12)3-2-6(11)9(10)8(13)4-5-15/h2-3H,4-5,15H2,1H3. The van der Waals surface area contributed by atoms with Crippen LogP contribution in [-0.2, 0) is 0 Å². The van der Waals surface area contributed by atoms with Crippen molar-refractivity contribution < 1.29 is 9.53 Å². The van der Waals surface area contributed by atoms with Crippen molar-refractivity contribution in [3.8, 4) is 5.75 Å². The summed E-state index contributed by atoms with van der Waals surface area (Å²) in [5.74, 6) is 0.293. The third kappa shape index (κ3) is 2.84. The third-order valence-corrected chi connectivity index (χ3v) is 2.81. The molecule has 0 aliphatic heterocycles. The SMILES string of the molecule is COc1c(Cl)ccc(Cl)c1C(=O)CCP. The number of hydrogen-bond donors (Lipinski definition) is 0. The lowest BCUT2D eigenvalue weighted by Gasteiger charge is -2.10. The van der Waals surface area contributed by atoms with Crippen LogP contribution in [0.15, 0.2) is 12.1 Å². The number of carbonyl (C=O) groups is 1. The van der Waals surface area contributed by atoms with Gasteiger partial charge in [0.05, 0.1) is 22.7 Å². The van der Waals surface area contributed by atoms with Gasteiger partial charge in [-0.15, -0.1) is 9.24 Å². The summed E-state index contributed by atoms with van der Waals surface area (Å²) in [6.45, 7) is 0. The van der Waals surface area contributed by atoms with E-state index in [1.807, 2.05) is 0 Å². The van der Waals surface area contributed by atoms with Crippen LogP contribution in [0.3, 0.4) is 0 Å². The minimum atomic E-state index is -0.0608. The minimum Gasteiger partial charge on any atom is -0.494 e. The van der Waals surface area contributed by atoms with Crippen molar-refractivity contribution in [2.45, 2.75) is 6.42 Å². The van der Waals surface area contributed by atoms with Crippen LogP contribution in [0.5, 0.6) is 5.75 Å². The second-order valence-electron chi connectivity index (χ2n) is 2.90. The highest BCUT2D eigenvalue weighted by Gasteiger charge is 2.18. The van der Waals surface area contributed by atoms with Crippen molar-refractivity contribution >= 4 is 38.2 Å². The van der Waals surface area contributed by atoms with E-state index in [4.69, 9.17) is 27.9 Å². The molecule has 0 radical (unpaired) electrons. The zero-order chi connectivity index (χ0) is 11.4. The van der Waals surface area contributed by atoms with Crippen LogP contribution >= 0.6 is 32.4 Å². The van der Waals surface area contributed by atoms with Gasteiger partial charge in [0.25, 0.3) is 0 Å². The number of methoxy groups -OCH3 is 1. The number of ketones is 1. The van der Waals surface area contributed by atoms with Gasteiger partial charge in [0.15, 0.2) is 5.78 Å². The second-order valence-corrected chi connectivity index (χ2v) is 4.29. The molecule has 0 aliphatic carbocycles. The number of rotatable bonds is 4. The summed E-state index contributed by atoms with van der Waals surface area (Å²) in [4.78, 5) is 11.8. The van der Waals surface area contributed by atoms with Gasteiger partial charge in [0.2, 0.25) is 0 Å². The first-order chi connectivity index (χ1) is 7.11. The normalized spacial score (nSPS) is 10.1. The molecule has 1 unspecified atom stereocenters. The predicted octanol–water partition coefficient (Wildman–Crippen LogP) is 3.45. The molecule has 0 heterocycles. The molecule has 15 heavy (non-hydrogen) atoms. The molecule has 2 nitrogen and oxygen atoms in total. The van der Waals surface area contributed by atoms with Gasteiger partial charge in [0, 0.05) is 6.42 Å². The number of Topliss-reactive ketones (excluding diaryl/α,β-unsaturated/α-hetero) is 1. The smallest absolute Gasteiger partial charge is 0.168 e. The molecule has 0 saturated carbocycles. The molecule has 0 amide bonds. The van der Waals surface area contributed by atoms with E-state index in [0.29, 0.717) is 33.9 Å². The van der Waals surface area contributed by atoms with E-state index in [1.165, 1.54) is 7.11 Å². The Morgan fingerprint density at radius 3 is 2.53 bits per heavy atom. The zero-order valence-electron chi connectivity index (χ0n) is 8.22. The lowest BCUT2D eigenvalue weighted by molar-refractivity contribution is 0.0986. The Morgan fingerprint density at radius 1 is 1.40 bits per heavy atom. The second kappa shape index (κ2) is 5.69. The minimum absolute atomic E-state index is 0.0608. The first-order valence-corrected chi connectivity index (χ1v) is 5.94. The Balaban J connectivity index is 3.24. The summed E-state index contributed by atoms with van der Waals surface area (Å²) in [7, 11) is 3.96. The van der Waals surface area contributed by atoms with Gasteiger partial charge in [-0.1, -0.05) is 23.2 Å². The van der Waals surface area contributed by atoms with Gasteiger partial charge in [-0.2, -0.15) is 0 Å². The Morgan fingerprint density at radius 2 is 2.00 bits per heavy atom. The predicted molar refractivity (Wildman–Crippen MR) is 66.5 cm³/mol. The van der Waals surface area contributed by atoms with Gasteiger partial charge >= 0.3 is 0 Å². The van der Waals surface area contributed by atoms with Gasteiger partial charge in [-0.3, -0.25) is 4.79 Å². The fourth-order valence-corrected chi connectivity index (χ4v) is 2.00. The summed E-state index contributed by atoms with van der Waals surface area (Å²) in [5, 5.41) is 0.772. The monoisotopic (exact) mass is 264 g/mol. The topological polar surface area (TPSA) is 26.3 Å². The molecular formula is C10H11Cl2O2P. The Labute approximate surface area is 101 Å². The summed E-state index contributed by atoms with van der Waals surface area (Å²) < 4.78 is 5.08. The maximum Gasteiger partial charge on any atom is 0.168 e. The van der Waals surface area contributed by atoms with Gasteiger partial charge < -0.3 is 4.74 Å². The number of halogens is 2. The van der Waals surface area contributed by atoms with Crippen molar-refractivity contribution in [3.05, 3.63) is 27.7 Å². The van der Waals surface area contributed by atoms with E-state index in [9.17, 15) is 4.79 Å². The lowest BCUT2D eigenvalue weighted by atomic mass is 10.1. The summed E-state index contributed by atoms with van der Waals surface area (Å²) >= 11 is 11.8. The average Bonchev–Trinajstić information content (AvgIpc) is 2.21.